The van der Waals surface area contributed by atoms with Crippen LogP contribution in [-0.4, -0.2) is 36.3 Å². The van der Waals surface area contributed by atoms with Crippen molar-refractivity contribution in [1.82, 2.24) is 5.01 Å². The Hall–Kier alpha value is -3.34. The molecule has 0 saturated heterocycles. The van der Waals surface area contributed by atoms with Crippen molar-refractivity contribution in [3.63, 3.8) is 0 Å². The fourth-order valence-electron chi connectivity index (χ4n) is 3.91. The van der Waals surface area contributed by atoms with Crippen LogP contribution in [-0.2, 0) is 20.9 Å². The Morgan fingerprint density at radius 2 is 2.12 bits per heavy atom. The Bertz CT molecular complexity index is 1360. The Labute approximate surface area is 202 Å². The molecule has 0 unspecified atom stereocenters. The first-order valence-electron chi connectivity index (χ1n) is 10.4. The number of amides is 1. The zero-order valence-corrected chi connectivity index (χ0v) is 19.7. The van der Waals surface area contributed by atoms with Gasteiger partial charge in [0, 0.05) is 29.2 Å². The predicted molar refractivity (Wildman–Crippen MR) is 127 cm³/mol. The van der Waals surface area contributed by atoms with Gasteiger partial charge in [0.05, 0.1) is 23.5 Å². The molecule has 0 radical (unpaired) electrons. The van der Waals surface area contributed by atoms with E-state index in [1.807, 2.05) is 17.5 Å². The molecule has 34 heavy (non-hydrogen) atoms. The summed E-state index contributed by atoms with van der Waals surface area (Å²) in [5.41, 5.74) is 1.17. The van der Waals surface area contributed by atoms with Gasteiger partial charge in [0.2, 0.25) is 0 Å². The third kappa shape index (κ3) is 4.15. The summed E-state index contributed by atoms with van der Waals surface area (Å²) in [7, 11) is 1.47. The number of ether oxygens (including phenoxy) is 2. The number of fused-ring (bicyclic) bond motifs is 1. The maximum Gasteiger partial charge on any atom is 0.349 e. The number of carbonyl (C=O) groups excluding carboxylic acids is 2. The highest BCUT2D eigenvalue weighted by Crippen LogP contribution is 2.36. The number of hydrazone groups is 1. The molecule has 7 nitrogen and oxygen atoms in total. The van der Waals surface area contributed by atoms with Crippen LogP contribution in [0, 0.1) is 5.82 Å². The van der Waals surface area contributed by atoms with Crippen molar-refractivity contribution in [1.29, 1.82) is 0 Å². The van der Waals surface area contributed by atoms with Crippen LogP contribution < -0.4 is 0 Å². The molecule has 3 aromatic heterocycles. The van der Waals surface area contributed by atoms with Crippen LogP contribution in [0.25, 0.3) is 10.1 Å². The zero-order chi connectivity index (χ0) is 23.7. The standard InChI is InChI=1S/C24H19FN2O5S2/c1-30-12-14-22-15(25)5-2-7-20(22)34-23(14)24(29)32-13-21(28)27-17(18-6-3-9-31-18)11-16(26-27)19-8-4-10-33-19/h2-10,17H,11-13H2,1H3/t17-/m1/s1. The number of benzene rings is 1. The molecule has 0 N–H and O–H groups in total. The molecule has 1 aliphatic heterocycles. The van der Waals surface area contributed by atoms with Crippen molar-refractivity contribution >= 4 is 50.3 Å². The van der Waals surface area contributed by atoms with Gasteiger partial charge in [-0.15, -0.1) is 22.7 Å². The van der Waals surface area contributed by atoms with Crippen LogP contribution in [0.5, 0.6) is 0 Å². The average Bonchev–Trinajstić information content (AvgIpc) is 3.63. The number of furan rings is 1. The molecule has 0 fully saturated rings. The van der Waals surface area contributed by atoms with Crippen LogP contribution in [0.3, 0.4) is 0 Å². The molecule has 0 saturated carbocycles. The van der Waals surface area contributed by atoms with Gasteiger partial charge in [-0.3, -0.25) is 4.79 Å². The summed E-state index contributed by atoms with van der Waals surface area (Å²) in [6, 6.07) is 11.6. The number of halogens is 1. The summed E-state index contributed by atoms with van der Waals surface area (Å²) in [6.07, 6.45) is 2.03. The van der Waals surface area contributed by atoms with E-state index in [0.29, 0.717) is 27.8 Å². The molecule has 1 aromatic carbocycles. The van der Waals surface area contributed by atoms with Gasteiger partial charge in [-0.2, -0.15) is 5.10 Å². The molecule has 5 rings (SSSR count). The van der Waals surface area contributed by atoms with E-state index in [0.717, 1.165) is 21.9 Å². The summed E-state index contributed by atoms with van der Waals surface area (Å²) in [6.45, 7) is -0.471. The Morgan fingerprint density at radius 1 is 1.24 bits per heavy atom. The van der Waals surface area contributed by atoms with Crippen LogP contribution >= 0.6 is 22.7 Å². The number of carbonyl (C=O) groups is 2. The van der Waals surface area contributed by atoms with Crippen LogP contribution in [0.1, 0.15) is 38.3 Å². The first-order chi connectivity index (χ1) is 16.6. The largest absolute Gasteiger partial charge is 0.467 e. The summed E-state index contributed by atoms with van der Waals surface area (Å²) < 4.78 is 31.1. The Kier molecular flexibility index (Phi) is 6.27. The second-order valence-electron chi connectivity index (χ2n) is 7.53. The highest BCUT2D eigenvalue weighted by atomic mass is 32.1. The number of methoxy groups -OCH3 is 1. The van der Waals surface area contributed by atoms with E-state index in [4.69, 9.17) is 13.9 Å². The van der Waals surface area contributed by atoms with Gasteiger partial charge < -0.3 is 13.9 Å². The summed E-state index contributed by atoms with van der Waals surface area (Å²) in [4.78, 5) is 27.1. The Morgan fingerprint density at radius 3 is 2.85 bits per heavy atom. The first-order valence-corrected chi connectivity index (χ1v) is 12.1. The van der Waals surface area contributed by atoms with Gasteiger partial charge in [0.25, 0.3) is 5.91 Å². The van der Waals surface area contributed by atoms with Crippen molar-refractivity contribution in [2.75, 3.05) is 13.7 Å². The van der Waals surface area contributed by atoms with E-state index in [2.05, 4.69) is 5.10 Å². The van der Waals surface area contributed by atoms with Gasteiger partial charge in [-0.1, -0.05) is 12.1 Å². The van der Waals surface area contributed by atoms with Crippen LogP contribution in [0.15, 0.2) is 63.6 Å². The molecule has 1 aliphatic rings. The summed E-state index contributed by atoms with van der Waals surface area (Å²) in [5, 5.41) is 8.08. The third-order valence-electron chi connectivity index (χ3n) is 5.41. The zero-order valence-electron chi connectivity index (χ0n) is 18.0. The molecule has 1 amide bonds. The second kappa shape index (κ2) is 9.49. The lowest BCUT2D eigenvalue weighted by molar-refractivity contribution is -0.136. The summed E-state index contributed by atoms with van der Waals surface area (Å²) >= 11 is 2.64. The van der Waals surface area contributed by atoms with Crippen LogP contribution in [0.2, 0.25) is 0 Å². The van der Waals surface area contributed by atoms with Crippen molar-refractivity contribution in [3.05, 3.63) is 81.0 Å². The van der Waals surface area contributed by atoms with Crippen molar-refractivity contribution in [2.45, 2.75) is 19.1 Å². The van der Waals surface area contributed by atoms with Crippen LogP contribution in [0.4, 0.5) is 4.39 Å². The van der Waals surface area contributed by atoms with Crippen molar-refractivity contribution in [3.8, 4) is 0 Å². The lowest BCUT2D eigenvalue weighted by atomic mass is 10.1. The maximum atomic E-state index is 14.4. The number of hydrogen-bond acceptors (Lipinski definition) is 8. The maximum absolute atomic E-state index is 14.4. The number of esters is 1. The molecular weight excluding hydrogens is 479 g/mol. The van der Waals surface area contributed by atoms with Gasteiger partial charge in [0.1, 0.15) is 22.5 Å². The minimum Gasteiger partial charge on any atom is -0.467 e. The lowest BCUT2D eigenvalue weighted by Crippen LogP contribution is -2.31. The minimum absolute atomic E-state index is 0.0421. The number of rotatable bonds is 7. The van der Waals surface area contributed by atoms with Gasteiger partial charge >= 0.3 is 5.97 Å². The van der Waals surface area contributed by atoms with Gasteiger partial charge in [-0.25, -0.2) is 14.2 Å². The highest BCUT2D eigenvalue weighted by Gasteiger charge is 2.35. The highest BCUT2D eigenvalue weighted by molar-refractivity contribution is 7.21. The average molecular weight is 499 g/mol. The van der Waals surface area contributed by atoms with E-state index in [-0.39, 0.29) is 11.5 Å². The smallest absolute Gasteiger partial charge is 0.349 e. The monoisotopic (exact) mass is 498 g/mol. The van der Waals surface area contributed by atoms with E-state index in [9.17, 15) is 14.0 Å². The predicted octanol–water partition coefficient (Wildman–Crippen LogP) is 5.38. The number of hydrogen-bond donors (Lipinski definition) is 0. The fourth-order valence-corrected chi connectivity index (χ4v) is 5.74. The molecule has 0 aliphatic carbocycles. The third-order valence-corrected chi connectivity index (χ3v) is 7.50. The van der Waals surface area contributed by atoms with Crippen molar-refractivity contribution < 1.29 is 27.9 Å². The number of nitrogens with zero attached hydrogens (tertiary/aromatic N) is 2. The van der Waals surface area contributed by atoms with E-state index >= 15 is 0 Å². The fraction of sp³-hybridized carbons (Fsp3) is 0.208. The quantitative estimate of drug-likeness (QED) is 0.320. The molecule has 1 atom stereocenters. The molecule has 174 valence electrons. The SMILES string of the molecule is COCc1c(C(=O)OCC(=O)N2N=C(c3cccs3)C[C@@H]2c2ccco2)sc2cccc(F)c12. The molecule has 4 aromatic rings. The van der Waals surface area contributed by atoms with Crippen molar-refractivity contribution in [2.24, 2.45) is 5.10 Å². The summed E-state index contributed by atoms with van der Waals surface area (Å²) in [5.74, 6) is -1.04. The van der Waals surface area contributed by atoms with Gasteiger partial charge in [0.15, 0.2) is 6.61 Å². The second-order valence-corrected chi connectivity index (χ2v) is 9.53. The normalized spacial score (nSPS) is 15.6. The topological polar surface area (TPSA) is 81.3 Å². The van der Waals surface area contributed by atoms with E-state index in [1.54, 1.807) is 30.5 Å². The van der Waals surface area contributed by atoms with E-state index in [1.165, 1.54) is 29.5 Å². The first kappa shape index (κ1) is 22.5. The van der Waals surface area contributed by atoms with E-state index < -0.39 is 30.3 Å². The van der Waals surface area contributed by atoms with Gasteiger partial charge in [-0.05, 0) is 35.7 Å². The molecule has 4 heterocycles. The molecule has 10 heteroatoms. The minimum atomic E-state index is -0.711. The Balaban J connectivity index is 1.36. The molecular formula is C24H19FN2O5S2. The number of thiophene rings is 2. The lowest BCUT2D eigenvalue weighted by Gasteiger charge is -2.19. The molecule has 0 spiro atoms. The molecule has 0 bridgehead atoms.